The zero-order valence-corrected chi connectivity index (χ0v) is 16.5. The third kappa shape index (κ3) is 4.05. The van der Waals surface area contributed by atoms with Crippen molar-refractivity contribution in [3.8, 4) is 22.4 Å². The Kier molecular flexibility index (Phi) is 5.91. The number of methoxy groups -OCH3 is 1. The highest BCUT2D eigenvalue weighted by molar-refractivity contribution is 6.33. The van der Waals surface area contributed by atoms with Gasteiger partial charge in [0.2, 0.25) is 0 Å². The second-order valence-electron chi connectivity index (χ2n) is 6.49. The Balaban J connectivity index is 2.28. The molecule has 0 unspecified atom stereocenters. The summed E-state index contributed by atoms with van der Waals surface area (Å²) in [5.74, 6) is -0.711. The molecule has 0 saturated heterocycles. The highest BCUT2D eigenvalue weighted by Gasteiger charge is 2.40. The number of aliphatic hydroxyl groups is 1. The number of aliphatic hydroxyl groups excluding tert-OH is 1. The smallest absolute Gasteiger partial charge is 0.433 e. The summed E-state index contributed by atoms with van der Waals surface area (Å²) in [4.78, 5) is 12.2. The van der Waals surface area contributed by atoms with Gasteiger partial charge in [0.25, 0.3) is 0 Å². The molecule has 11 heteroatoms. The largest absolute Gasteiger partial charge is 0.452 e. The molecular formula is C19H16ClF4N3O3. The van der Waals surface area contributed by atoms with Gasteiger partial charge in [0.05, 0.1) is 36.7 Å². The molecule has 1 atom stereocenters. The Labute approximate surface area is 173 Å². The second kappa shape index (κ2) is 8.11. The van der Waals surface area contributed by atoms with Crippen molar-refractivity contribution in [3.05, 3.63) is 53.2 Å². The Bertz CT molecular complexity index is 1070. The molecule has 1 N–H and O–H groups in total. The first-order chi connectivity index (χ1) is 14.0. The van der Waals surface area contributed by atoms with Crippen LogP contribution in [0.25, 0.3) is 22.4 Å². The molecular weight excluding hydrogens is 430 g/mol. The molecule has 2 aromatic heterocycles. The molecule has 0 aliphatic carbocycles. The quantitative estimate of drug-likeness (QED) is 0.584. The molecule has 0 amide bonds. The SMILES string of the molecule is COC(=O)n1cc(-c2c(F)cccc2Cl)cc1-c1cnn(C[C@H](C)O)c1C(F)(F)F. The van der Waals surface area contributed by atoms with E-state index in [0.717, 1.165) is 30.1 Å². The van der Waals surface area contributed by atoms with Crippen LogP contribution in [0, 0.1) is 5.82 Å². The average molecular weight is 446 g/mol. The highest BCUT2D eigenvalue weighted by atomic mass is 35.5. The first-order valence-corrected chi connectivity index (χ1v) is 8.99. The van der Waals surface area contributed by atoms with Crippen LogP contribution in [0.15, 0.2) is 36.7 Å². The molecule has 0 bridgehead atoms. The normalized spacial score (nSPS) is 12.8. The van der Waals surface area contributed by atoms with Gasteiger partial charge >= 0.3 is 12.3 Å². The van der Waals surface area contributed by atoms with Crippen LogP contribution in [-0.2, 0) is 17.5 Å². The van der Waals surface area contributed by atoms with E-state index in [1.54, 1.807) is 0 Å². The molecule has 0 saturated carbocycles. The number of hydrogen-bond acceptors (Lipinski definition) is 4. The third-order valence-electron chi connectivity index (χ3n) is 4.26. The van der Waals surface area contributed by atoms with E-state index in [2.05, 4.69) is 9.84 Å². The van der Waals surface area contributed by atoms with Gasteiger partial charge in [-0.2, -0.15) is 18.3 Å². The van der Waals surface area contributed by atoms with Crippen molar-refractivity contribution < 1.29 is 32.2 Å². The summed E-state index contributed by atoms with van der Waals surface area (Å²) in [6, 6.07) is 5.12. The molecule has 0 aliphatic heterocycles. The topological polar surface area (TPSA) is 69.3 Å². The van der Waals surface area contributed by atoms with E-state index in [1.165, 1.54) is 25.1 Å². The molecule has 30 heavy (non-hydrogen) atoms. The predicted octanol–water partition coefficient (Wildman–Crippen LogP) is 4.83. The van der Waals surface area contributed by atoms with E-state index >= 15 is 0 Å². The Hall–Kier alpha value is -2.85. The number of ether oxygens (including phenoxy) is 1. The predicted molar refractivity (Wildman–Crippen MR) is 101 cm³/mol. The molecule has 0 radical (unpaired) electrons. The summed E-state index contributed by atoms with van der Waals surface area (Å²) in [5, 5.41) is 13.2. The van der Waals surface area contributed by atoms with Crippen molar-refractivity contribution >= 4 is 17.7 Å². The Morgan fingerprint density at radius 2 is 2.07 bits per heavy atom. The summed E-state index contributed by atoms with van der Waals surface area (Å²) in [5.41, 5.74) is -1.83. The van der Waals surface area contributed by atoms with Crippen molar-refractivity contribution in [3.63, 3.8) is 0 Å². The van der Waals surface area contributed by atoms with Crippen molar-refractivity contribution in [1.82, 2.24) is 14.3 Å². The fourth-order valence-corrected chi connectivity index (χ4v) is 3.36. The van der Waals surface area contributed by atoms with Gasteiger partial charge in [0, 0.05) is 22.9 Å². The number of carbonyl (C=O) groups excluding carboxylic acids is 1. The number of hydrogen-bond donors (Lipinski definition) is 1. The molecule has 160 valence electrons. The maximum atomic E-state index is 14.3. The minimum atomic E-state index is -4.85. The third-order valence-corrected chi connectivity index (χ3v) is 4.58. The number of aromatic nitrogens is 3. The molecule has 2 heterocycles. The number of carbonyl (C=O) groups is 1. The lowest BCUT2D eigenvalue weighted by Crippen LogP contribution is -2.21. The van der Waals surface area contributed by atoms with Crippen molar-refractivity contribution in [2.45, 2.75) is 25.7 Å². The van der Waals surface area contributed by atoms with E-state index in [-0.39, 0.29) is 21.8 Å². The van der Waals surface area contributed by atoms with Crippen LogP contribution in [0.4, 0.5) is 22.4 Å². The molecule has 6 nitrogen and oxygen atoms in total. The van der Waals surface area contributed by atoms with Crippen LogP contribution in [0.5, 0.6) is 0 Å². The summed E-state index contributed by atoms with van der Waals surface area (Å²) in [7, 11) is 1.06. The highest BCUT2D eigenvalue weighted by Crippen LogP contribution is 2.40. The molecule has 1 aromatic carbocycles. The van der Waals surface area contributed by atoms with E-state index in [4.69, 9.17) is 11.6 Å². The molecule has 0 spiro atoms. The maximum Gasteiger partial charge on any atom is 0.433 e. The van der Waals surface area contributed by atoms with Gasteiger partial charge < -0.3 is 9.84 Å². The van der Waals surface area contributed by atoms with E-state index in [9.17, 15) is 27.5 Å². The number of halogens is 5. The average Bonchev–Trinajstić information content (AvgIpc) is 3.24. The first kappa shape index (κ1) is 21.8. The lowest BCUT2D eigenvalue weighted by molar-refractivity contribution is -0.144. The van der Waals surface area contributed by atoms with Gasteiger partial charge in [-0.15, -0.1) is 0 Å². The van der Waals surface area contributed by atoms with Crippen LogP contribution in [-0.4, -0.2) is 38.8 Å². The van der Waals surface area contributed by atoms with Crippen LogP contribution in [0.3, 0.4) is 0 Å². The molecule has 3 aromatic rings. The first-order valence-electron chi connectivity index (χ1n) is 8.61. The fraction of sp³-hybridized carbons (Fsp3) is 0.263. The van der Waals surface area contributed by atoms with Gasteiger partial charge in [-0.05, 0) is 25.1 Å². The van der Waals surface area contributed by atoms with Crippen LogP contribution in [0.1, 0.15) is 12.6 Å². The van der Waals surface area contributed by atoms with Crippen molar-refractivity contribution in [2.24, 2.45) is 0 Å². The summed E-state index contributed by atoms with van der Waals surface area (Å²) < 4.78 is 61.8. The number of nitrogens with zero attached hydrogens (tertiary/aromatic N) is 3. The van der Waals surface area contributed by atoms with Crippen LogP contribution < -0.4 is 0 Å². The summed E-state index contributed by atoms with van der Waals surface area (Å²) >= 11 is 6.06. The standard InChI is InChI=1S/C19H16ClF4N3O3/c1-10(28)8-27-17(19(22,23)24)12(7-25-27)15-6-11(9-26(15)18(29)30-2)16-13(20)4-3-5-14(16)21/h3-7,9-10,28H,8H2,1-2H3/t10-/m0/s1. The maximum absolute atomic E-state index is 14.3. The van der Waals surface area contributed by atoms with Gasteiger partial charge in [-0.3, -0.25) is 9.25 Å². The summed E-state index contributed by atoms with van der Waals surface area (Å²) in [6.45, 7) is 0.900. The monoisotopic (exact) mass is 445 g/mol. The molecule has 3 rings (SSSR count). The van der Waals surface area contributed by atoms with E-state index in [0.29, 0.717) is 4.68 Å². The fourth-order valence-electron chi connectivity index (χ4n) is 3.09. The molecule has 0 fully saturated rings. The zero-order valence-electron chi connectivity index (χ0n) is 15.7. The van der Waals surface area contributed by atoms with E-state index < -0.39 is 42.0 Å². The second-order valence-corrected chi connectivity index (χ2v) is 6.89. The number of alkyl halides is 3. The van der Waals surface area contributed by atoms with Crippen molar-refractivity contribution in [1.29, 1.82) is 0 Å². The minimum Gasteiger partial charge on any atom is -0.452 e. The van der Waals surface area contributed by atoms with E-state index in [1.807, 2.05) is 0 Å². The molecule has 0 aliphatic rings. The lowest BCUT2D eigenvalue weighted by atomic mass is 10.1. The lowest BCUT2D eigenvalue weighted by Gasteiger charge is -2.14. The van der Waals surface area contributed by atoms with Gasteiger partial charge in [-0.25, -0.2) is 9.18 Å². The Morgan fingerprint density at radius 1 is 1.37 bits per heavy atom. The van der Waals surface area contributed by atoms with Gasteiger partial charge in [0.15, 0.2) is 5.69 Å². The van der Waals surface area contributed by atoms with Crippen molar-refractivity contribution in [2.75, 3.05) is 7.11 Å². The zero-order chi connectivity index (χ0) is 22.2. The summed E-state index contributed by atoms with van der Waals surface area (Å²) in [6.07, 6.45) is -4.87. The minimum absolute atomic E-state index is 0.0180. The van der Waals surface area contributed by atoms with Crippen LogP contribution >= 0.6 is 11.6 Å². The number of benzene rings is 1. The van der Waals surface area contributed by atoms with Gasteiger partial charge in [-0.1, -0.05) is 17.7 Å². The van der Waals surface area contributed by atoms with Crippen LogP contribution in [0.2, 0.25) is 5.02 Å². The van der Waals surface area contributed by atoms with Gasteiger partial charge in [0.1, 0.15) is 5.82 Å². The number of rotatable bonds is 4. The Morgan fingerprint density at radius 3 is 2.63 bits per heavy atom.